The van der Waals surface area contributed by atoms with Crippen LogP contribution in [0.3, 0.4) is 0 Å². The van der Waals surface area contributed by atoms with Gasteiger partial charge < -0.3 is 14.0 Å². The van der Waals surface area contributed by atoms with Gasteiger partial charge in [0.1, 0.15) is 12.4 Å². The van der Waals surface area contributed by atoms with Crippen LogP contribution in [0.15, 0.2) is 59.1 Å². The summed E-state index contributed by atoms with van der Waals surface area (Å²) in [5.74, 6) is 1.11. The molecule has 2 aromatic carbocycles. The summed E-state index contributed by atoms with van der Waals surface area (Å²) >= 11 is 0. The summed E-state index contributed by atoms with van der Waals surface area (Å²) in [5, 5.41) is 3.75. The molecule has 1 heterocycles. The Morgan fingerprint density at radius 1 is 1.04 bits per heavy atom. The monoisotopic (exact) mass is 338 g/mol. The van der Waals surface area contributed by atoms with E-state index < -0.39 is 5.97 Å². The van der Waals surface area contributed by atoms with Gasteiger partial charge in [-0.25, -0.2) is 4.79 Å². The Morgan fingerprint density at radius 2 is 1.80 bits per heavy atom. The lowest BCUT2D eigenvalue weighted by Crippen LogP contribution is -2.05. The number of aryl methyl sites for hydroxylation is 1. The van der Waals surface area contributed by atoms with Crippen molar-refractivity contribution in [1.29, 1.82) is 0 Å². The van der Waals surface area contributed by atoms with Crippen LogP contribution in [0, 0.1) is 0 Å². The standard InChI is InChI=1S/C19H18N2O4/c1-2-17-20-18(25-21-17)13-24-19(22)15-8-10-16(11-9-15)23-12-14-6-4-3-5-7-14/h3-11H,2,12-13H2,1H3. The van der Waals surface area contributed by atoms with Gasteiger partial charge in [-0.2, -0.15) is 4.98 Å². The van der Waals surface area contributed by atoms with Gasteiger partial charge in [0.25, 0.3) is 5.89 Å². The van der Waals surface area contributed by atoms with E-state index >= 15 is 0 Å². The zero-order valence-corrected chi connectivity index (χ0v) is 13.8. The molecule has 0 aliphatic heterocycles. The van der Waals surface area contributed by atoms with Crippen LogP contribution >= 0.6 is 0 Å². The van der Waals surface area contributed by atoms with Crippen LogP contribution in [0.1, 0.15) is 34.6 Å². The molecule has 128 valence electrons. The Balaban J connectivity index is 1.51. The fourth-order valence-electron chi connectivity index (χ4n) is 2.13. The Hall–Kier alpha value is -3.15. The van der Waals surface area contributed by atoms with Crippen molar-refractivity contribution < 1.29 is 18.8 Å². The van der Waals surface area contributed by atoms with E-state index in [2.05, 4.69) is 10.1 Å². The van der Waals surface area contributed by atoms with Crippen LogP contribution in [-0.2, 0) is 24.4 Å². The maximum Gasteiger partial charge on any atom is 0.338 e. The van der Waals surface area contributed by atoms with Gasteiger partial charge in [0, 0.05) is 6.42 Å². The van der Waals surface area contributed by atoms with Gasteiger partial charge >= 0.3 is 5.97 Å². The number of nitrogens with zero attached hydrogens (tertiary/aromatic N) is 2. The van der Waals surface area contributed by atoms with Crippen LogP contribution in [0.2, 0.25) is 0 Å². The third-order valence-electron chi connectivity index (χ3n) is 3.49. The highest BCUT2D eigenvalue weighted by Gasteiger charge is 2.11. The lowest BCUT2D eigenvalue weighted by molar-refractivity contribution is 0.0430. The molecule has 6 nitrogen and oxygen atoms in total. The van der Waals surface area contributed by atoms with Crippen LogP contribution in [0.5, 0.6) is 5.75 Å². The van der Waals surface area contributed by atoms with Gasteiger partial charge in [-0.05, 0) is 29.8 Å². The Kier molecular flexibility index (Phi) is 5.41. The third-order valence-corrected chi connectivity index (χ3v) is 3.49. The molecule has 1 aromatic heterocycles. The predicted molar refractivity (Wildman–Crippen MR) is 90.0 cm³/mol. The van der Waals surface area contributed by atoms with E-state index in [-0.39, 0.29) is 12.5 Å². The lowest BCUT2D eigenvalue weighted by atomic mass is 10.2. The zero-order valence-electron chi connectivity index (χ0n) is 13.8. The van der Waals surface area contributed by atoms with Crippen LogP contribution in [0.25, 0.3) is 0 Å². The smallest absolute Gasteiger partial charge is 0.338 e. The first kappa shape index (κ1) is 16.7. The molecular weight excluding hydrogens is 320 g/mol. The number of esters is 1. The van der Waals surface area contributed by atoms with Crippen molar-refractivity contribution in [2.24, 2.45) is 0 Å². The van der Waals surface area contributed by atoms with Crippen molar-refractivity contribution >= 4 is 5.97 Å². The van der Waals surface area contributed by atoms with E-state index in [1.165, 1.54) is 0 Å². The van der Waals surface area contributed by atoms with Gasteiger partial charge in [0.2, 0.25) is 0 Å². The van der Waals surface area contributed by atoms with E-state index in [1.807, 2.05) is 37.3 Å². The first-order valence-electron chi connectivity index (χ1n) is 8.00. The minimum Gasteiger partial charge on any atom is -0.489 e. The molecule has 0 spiro atoms. The number of benzene rings is 2. The quantitative estimate of drug-likeness (QED) is 0.613. The van der Waals surface area contributed by atoms with E-state index in [0.29, 0.717) is 30.2 Å². The SMILES string of the molecule is CCc1noc(COC(=O)c2ccc(OCc3ccccc3)cc2)n1. The molecule has 0 atom stereocenters. The number of carbonyl (C=O) groups excluding carboxylic acids is 1. The molecule has 0 amide bonds. The normalized spacial score (nSPS) is 10.4. The number of hydrogen-bond acceptors (Lipinski definition) is 6. The molecule has 0 fully saturated rings. The molecule has 6 heteroatoms. The molecule has 3 aromatic rings. The zero-order chi connectivity index (χ0) is 17.5. The van der Waals surface area contributed by atoms with Crippen LogP contribution in [-0.4, -0.2) is 16.1 Å². The highest BCUT2D eigenvalue weighted by molar-refractivity contribution is 5.89. The number of rotatable bonds is 7. The second-order valence-electron chi connectivity index (χ2n) is 5.33. The summed E-state index contributed by atoms with van der Waals surface area (Å²) in [5.41, 5.74) is 1.51. The average molecular weight is 338 g/mol. The fraction of sp³-hybridized carbons (Fsp3) is 0.211. The summed E-state index contributed by atoms with van der Waals surface area (Å²) < 4.78 is 15.8. The van der Waals surface area contributed by atoms with Gasteiger partial charge in [-0.1, -0.05) is 42.4 Å². The van der Waals surface area contributed by atoms with Crippen molar-refractivity contribution in [3.05, 3.63) is 77.4 Å². The average Bonchev–Trinajstić information content (AvgIpc) is 3.14. The highest BCUT2D eigenvalue weighted by atomic mass is 16.6. The first-order valence-corrected chi connectivity index (χ1v) is 8.00. The number of aromatic nitrogens is 2. The molecule has 0 saturated carbocycles. The van der Waals surface area contributed by atoms with Crippen molar-refractivity contribution in [3.8, 4) is 5.75 Å². The van der Waals surface area contributed by atoms with Crippen LogP contribution in [0.4, 0.5) is 0 Å². The van der Waals surface area contributed by atoms with E-state index in [9.17, 15) is 4.79 Å². The van der Waals surface area contributed by atoms with Crippen molar-refractivity contribution in [3.63, 3.8) is 0 Å². The molecule has 0 unspecified atom stereocenters. The minimum atomic E-state index is -0.453. The molecule has 0 aliphatic rings. The molecule has 0 saturated heterocycles. The van der Waals surface area contributed by atoms with E-state index in [0.717, 1.165) is 5.56 Å². The lowest BCUT2D eigenvalue weighted by Gasteiger charge is -2.07. The van der Waals surface area contributed by atoms with Gasteiger partial charge in [-0.15, -0.1) is 0 Å². The Labute approximate surface area is 145 Å². The van der Waals surface area contributed by atoms with E-state index in [4.69, 9.17) is 14.0 Å². The molecule has 0 N–H and O–H groups in total. The van der Waals surface area contributed by atoms with Crippen molar-refractivity contribution in [2.75, 3.05) is 0 Å². The maximum absolute atomic E-state index is 12.0. The van der Waals surface area contributed by atoms with Gasteiger partial charge in [0.05, 0.1) is 5.56 Å². The summed E-state index contributed by atoms with van der Waals surface area (Å²) in [4.78, 5) is 16.1. The molecule has 0 aliphatic carbocycles. The van der Waals surface area contributed by atoms with Crippen molar-refractivity contribution in [2.45, 2.75) is 26.6 Å². The molecule has 25 heavy (non-hydrogen) atoms. The topological polar surface area (TPSA) is 74.5 Å². The first-order chi connectivity index (χ1) is 12.2. The molecular formula is C19H18N2O4. The summed E-state index contributed by atoms with van der Waals surface area (Å²) in [6.07, 6.45) is 0.669. The number of carbonyl (C=O) groups is 1. The number of hydrogen-bond donors (Lipinski definition) is 0. The second kappa shape index (κ2) is 8.10. The third kappa shape index (κ3) is 4.67. The van der Waals surface area contributed by atoms with E-state index in [1.54, 1.807) is 24.3 Å². The summed E-state index contributed by atoms with van der Waals surface area (Å²) in [7, 11) is 0. The second-order valence-corrected chi connectivity index (χ2v) is 5.33. The van der Waals surface area contributed by atoms with Crippen molar-refractivity contribution in [1.82, 2.24) is 10.1 Å². The minimum absolute atomic E-state index is 0.0436. The fourth-order valence-corrected chi connectivity index (χ4v) is 2.13. The predicted octanol–water partition coefficient (Wildman–Crippen LogP) is 3.57. The Morgan fingerprint density at radius 3 is 2.48 bits per heavy atom. The summed E-state index contributed by atoms with van der Waals surface area (Å²) in [6.45, 7) is 2.35. The highest BCUT2D eigenvalue weighted by Crippen LogP contribution is 2.15. The summed E-state index contributed by atoms with van der Waals surface area (Å²) in [6, 6.07) is 16.7. The molecule has 0 radical (unpaired) electrons. The molecule has 0 bridgehead atoms. The molecule has 3 rings (SSSR count). The number of ether oxygens (including phenoxy) is 2. The maximum atomic E-state index is 12.0. The van der Waals surface area contributed by atoms with Gasteiger partial charge in [-0.3, -0.25) is 0 Å². The largest absolute Gasteiger partial charge is 0.489 e. The van der Waals surface area contributed by atoms with Gasteiger partial charge in [0.15, 0.2) is 12.4 Å². The Bertz CT molecular complexity index is 813. The van der Waals surface area contributed by atoms with Crippen LogP contribution < -0.4 is 4.74 Å².